The highest BCUT2D eigenvalue weighted by Crippen LogP contribution is 2.30. The number of amides is 5. The fraction of sp³-hybridized carbons (Fsp3) is 0.857. The Morgan fingerprint density at radius 3 is 1.39 bits per heavy atom. The Morgan fingerprint density at radius 1 is 0.574 bits per heavy atom. The number of hydrogen-bond donors (Lipinski definition) is 6. The van der Waals surface area contributed by atoms with Crippen LogP contribution in [0.15, 0.2) is 0 Å². The average Bonchev–Trinajstić information content (AvgIpc) is 2.95. The molecule has 0 bridgehead atoms. The molecule has 0 aliphatic heterocycles. The second kappa shape index (κ2) is 23.8. The van der Waals surface area contributed by atoms with Gasteiger partial charge in [0.15, 0.2) is 5.78 Å². The topological polar surface area (TPSA) is 203 Å². The Kier molecular flexibility index (Phi) is 23.4. The Hall–Kier alpha value is -3.02. The molecule has 0 aliphatic carbocycles. The monoisotopic (exact) mass is 767 g/mol. The van der Waals surface area contributed by atoms with Gasteiger partial charge in [0.1, 0.15) is 11.6 Å². The summed E-state index contributed by atoms with van der Waals surface area (Å²) in [7, 11) is 0. The lowest BCUT2D eigenvalue weighted by Gasteiger charge is -2.31. The predicted octanol–water partition coefficient (Wildman–Crippen LogP) is 7.06. The van der Waals surface area contributed by atoms with Crippen molar-refractivity contribution in [1.29, 1.82) is 0 Å². The summed E-state index contributed by atoms with van der Waals surface area (Å²) in [6.45, 7) is 32.9. The number of hydrogen-bond acceptors (Lipinski definition) is 7. The van der Waals surface area contributed by atoms with Crippen LogP contribution in [0.4, 0.5) is 9.59 Å². The minimum atomic E-state index is -0.583. The third kappa shape index (κ3) is 26.7. The molecule has 0 aromatic carbocycles. The maximum absolute atomic E-state index is 13.0. The van der Waals surface area contributed by atoms with Gasteiger partial charge in [0, 0.05) is 47.7 Å². The van der Waals surface area contributed by atoms with Gasteiger partial charge < -0.3 is 32.7 Å². The number of carbonyl (C=O) groups excluding carboxylic acids is 6. The summed E-state index contributed by atoms with van der Waals surface area (Å²) in [6.07, 6.45) is 4.77. The molecular formula is C42H82N6O6. The van der Waals surface area contributed by atoms with E-state index >= 15 is 0 Å². The van der Waals surface area contributed by atoms with Gasteiger partial charge >= 0.3 is 12.1 Å². The summed E-state index contributed by atoms with van der Waals surface area (Å²) in [4.78, 5) is 73.4. The molecule has 0 fully saturated rings. The summed E-state index contributed by atoms with van der Waals surface area (Å²) in [5.41, 5.74) is 8.96. The fourth-order valence-electron chi connectivity index (χ4n) is 6.34. The molecule has 0 aliphatic rings. The van der Waals surface area contributed by atoms with Gasteiger partial charge in [-0.25, -0.2) is 9.59 Å². The number of carbonyl (C=O) groups is 6. The van der Waals surface area contributed by atoms with Crippen LogP contribution in [0.2, 0.25) is 0 Å². The molecule has 0 radical (unpaired) electrons. The number of urea groups is 2. The highest BCUT2D eigenvalue weighted by Gasteiger charge is 2.35. The number of Topliss-reactive ketones (excluding diaryl/α,β-unsaturated/α-hetero) is 3. The van der Waals surface area contributed by atoms with Gasteiger partial charge in [0.05, 0.1) is 12.1 Å². The first-order valence-corrected chi connectivity index (χ1v) is 20.0. The average molecular weight is 767 g/mol. The van der Waals surface area contributed by atoms with Crippen molar-refractivity contribution in [1.82, 2.24) is 21.3 Å². The Balaban J connectivity index is 0. The molecule has 8 N–H and O–H groups in total. The van der Waals surface area contributed by atoms with Crippen LogP contribution in [0.25, 0.3) is 0 Å². The van der Waals surface area contributed by atoms with E-state index in [2.05, 4.69) is 69.7 Å². The van der Waals surface area contributed by atoms with E-state index < -0.39 is 28.9 Å². The molecule has 54 heavy (non-hydrogen) atoms. The standard InChI is InChI=1S/2C21H41N3O3/c1-14(2)12-15(13-20(3,4)5)18(26)24-16(17(25)21(6,7)8)10-9-11-23-19(22)27;1-14(2)12-16(24-21(6,7)8)17(25)13-15(18(26)20(3,4)5)10-9-11-23-19(22)27/h14-16H,9-13H2,1-8H3,(H,24,26)(H3,22,23,27);14-16,24H,9-13H2,1-8H3,(H3,22,23,27). The molecule has 316 valence electrons. The number of nitrogens with two attached hydrogens (primary N) is 2. The van der Waals surface area contributed by atoms with Crippen LogP contribution in [-0.2, 0) is 19.2 Å². The predicted molar refractivity (Wildman–Crippen MR) is 221 cm³/mol. The van der Waals surface area contributed by atoms with E-state index in [4.69, 9.17) is 11.5 Å². The second-order valence-electron chi connectivity index (χ2n) is 20.2. The van der Waals surface area contributed by atoms with E-state index in [0.717, 1.165) is 19.3 Å². The van der Waals surface area contributed by atoms with Crippen molar-refractivity contribution in [3.8, 4) is 0 Å². The van der Waals surface area contributed by atoms with Crippen LogP contribution >= 0.6 is 0 Å². The molecule has 0 rings (SSSR count). The molecular weight excluding hydrogens is 684 g/mol. The normalized spacial score (nSPS) is 14.6. The number of rotatable bonds is 21. The van der Waals surface area contributed by atoms with Crippen molar-refractivity contribution in [2.24, 2.45) is 51.4 Å². The third-order valence-corrected chi connectivity index (χ3v) is 8.62. The molecule has 4 atom stereocenters. The van der Waals surface area contributed by atoms with E-state index in [1.807, 2.05) is 62.3 Å². The molecule has 12 nitrogen and oxygen atoms in total. The van der Waals surface area contributed by atoms with Crippen molar-refractivity contribution < 1.29 is 28.8 Å². The van der Waals surface area contributed by atoms with Crippen LogP contribution in [-0.4, -0.2) is 66.0 Å². The van der Waals surface area contributed by atoms with Gasteiger partial charge in [0.25, 0.3) is 0 Å². The molecule has 0 spiro atoms. The van der Waals surface area contributed by atoms with Gasteiger partial charge in [-0.3, -0.25) is 19.2 Å². The molecule has 4 unspecified atom stereocenters. The van der Waals surface area contributed by atoms with Crippen molar-refractivity contribution in [3.05, 3.63) is 0 Å². The molecule has 0 aromatic heterocycles. The van der Waals surface area contributed by atoms with Gasteiger partial charge in [-0.15, -0.1) is 0 Å². The smallest absolute Gasteiger partial charge is 0.312 e. The van der Waals surface area contributed by atoms with Crippen molar-refractivity contribution in [2.45, 2.75) is 180 Å². The van der Waals surface area contributed by atoms with Gasteiger partial charge in [0.2, 0.25) is 5.91 Å². The highest BCUT2D eigenvalue weighted by molar-refractivity contribution is 5.93. The third-order valence-electron chi connectivity index (χ3n) is 8.62. The van der Waals surface area contributed by atoms with Crippen LogP contribution in [0, 0.1) is 39.9 Å². The van der Waals surface area contributed by atoms with Crippen molar-refractivity contribution in [3.63, 3.8) is 0 Å². The lowest BCUT2D eigenvalue weighted by Crippen LogP contribution is -2.49. The van der Waals surface area contributed by atoms with Gasteiger partial charge in [-0.05, 0) is 83.0 Å². The van der Waals surface area contributed by atoms with E-state index in [1.165, 1.54) is 0 Å². The minimum Gasteiger partial charge on any atom is -0.352 e. The largest absolute Gasteiger partial charge is 0.352 e. The zero-order valence-corrected chi connectivity index (χ0v) is 37.1. The first kappa shape index (κ1) is 53.1. The molecule has 5 amide bonds. The van der Waals surface area contributed by atoms with Crippen molar-refractivity contribution in [2.75, 3.05) is 13.1 Å². The highest BCUT2D eigenvalue weighted by atomic mass is 16.2. The first-order valence-electron chi connectivity index (χ1n) is 20.0. The summed E-state index contributed by atoms with van der Waals surface area (Å²) >= 11 is 0. The summed E-state index contributed by atoms with van der Waals surface area (Å²) in [5, 5.41) is 11.5. The Morgan fingerprint density at radius 2 is 1.02 bits per heavy atom. The van der Waals surface area contributed by atoms with Gasteiger partial charge in [-0.1, -0.05) is 90.0 Å². The van der Waals surface area contributed by atoms with Gasteiger partial charge in [-0.2, -0.15) is 0 Å². The Bertz CT molecular complexity index is 1100. The zero-order valence-electron chi connectivity index (χ0n) is 37.1. The lowest BCUT2D eigenvalue weighted by molar-refractivity contribution is -0.134. The SMILES string of the molecule is CC(C)CC(CC(C)(C)C)C(=O)NC(CCCNC(N)=O)C(=O)C(C)(C)C.CC(C)CC(NC(C)(C)C)C(=O)CC(CCCNC(N)=O)C(=O)C(C)(C)C. The van der Waals surface area contributed by atoms with E-state index in [-0.39, 0.29) is 58.5 Å². The minimum absolute atomic E-state index is 0.00832. The van der Waals surface area contributed by atoms with E-state index in [1.54, 1.807) is 0 Å². The quantitative estimate of drug-likeness (QED) is 0.0671. The molecule has 0 aromatic rings. The molecule has 0 heterocycles. The van der Waals surface area contributed by atoms with Crippen LogP contribution in [0.1, 0.15) is 162 Å². The second-order valence-corrected chi connectivity index (χ2v) is 20.2. The van der Waals surface area contributed by atoms with E-state index in [0.29, 0.717) is 50.6 Å². The fourth-order valence-corrected chi connectivity index (χ4v) is 6.34. The number of nitrogens with one attached hydrogen (secondary N) is 4. The van der Waals surface area contributed by atoms with Crippen LogP contribution < -0.4 is 32.7 Å². The maximum Gasteiger partial charge on any atom is 0.312 e. The van der Waals surface area contributed by atoms with Crippen molar-refractivity contribution >= 4 is 35.3 Å². The number of primary amides is 2. The zero-order chi connectivity index (χ0) is 42.8. The van der Waals surface area contributed by atoms with E-state index in [9.17, 15) is 28.8 Å². The van der Waals surface area contributed by atoms with Crippen LogP contribution in [0.3, 0.4) is 0 Å². The Labute approximate surface area is 329 Å². The first-order chi connectivity index (χ1) is 24.3. The lowest BCUT2D eigenvalue weighted by atomic mass is 9.78. The van der Waals surface area contributed by atoms with Crippen LogP contribution in [0.5, 0.6) is 0 Å². The summed E-state index contributed by atoms with van der Waals surface area (Å²) in [5.74, 6) is 0.453. The molecule has 0 saturated carbocycles. The summed E-state index contributed by atoms with van der Waals surface area (Å²) < 4.78 is 0. The molecule has 12 heteroatoms. The number of ketones is 3. The maximum atomic E-state index is 13.0. The molecule has 0 saturated heterocycles. The summed E-state index contributed by atoms with van der Waals surface area (Å²) in [6, 6.07) is -1.97.